The highest BCUT2D eigenvalue weighted by atomic mass is 16.5. The van der Waals surface area contributed by atoms with Crippen LogP contribution in [0.3, 0.4) is 0 Å². The van der Waals surface area contributed by atoms with Crippen molar-refractivity contribution in [2.45, 2.75) is 39.5 Å². The number of rotatable bonds is 6. The Bertz CT molecular complexity index is 574. The fourth-order valence-corrected chi connectivity index (χ4v) is 3.77. The average molecular weight is 345 g/mol. The Hall–Kier alpha value is -1.75. The summed E-state index contributed by atoms with van der Waals surface area (Å²) in [5.74, 6) is 0.214. The van der Waals surface area contributed by atoms with Crippen molar-refractivity contribution >= 4 is 23.0 Å². The van der Waals surface area contributed by atoms with E-state index in [-0.39, 0.29) is 11.8 Å². The molecule has 2 aliphatic heterocycles. The van der Waals surface area contributed by atoms with Crippen molar-refractivity contribution in [1.82, 2.24) is 0 Å². The predicted octanol–water partition coefficient (Wildman–Crippen LogP) is 3.50. The van der Waals surface area contributed by atoms with Gasteiger partial charge in [0, 0.05) is 37.8 Å². The van der Waals surface area contributed by atoms with E-state index in [1.165, 1.54) is 18.5 Å². The van der Waals surface area contributed by atoms with Gasteiger partial charge in [-0.05, 0) is 43.9 Å². The molecule has 0 aromatic heterocycles. The maximum atomic E-state index is 12.7. The largest absolute Gasteiger partial charge is 0.378 e. The molecule has 1 N–H and O–H groups in total. The van der Waals surface area contributed by atoms with Gasteiger partial charge in [-0.1, -0.05) is 13.8 Å². The van der Waals surface area contributed by atoms with E-state index >= 15 is 0 Å². The SMILES string of the molecule is CCC(CC)C(=O)Nc1cc(N2CCCC2)ccc1N1CCOCC1. The Morgan fingerprint density at radius 2 is 1.76 bits per heavy atom. The fourth-order valence-electron chi connectivity index (χ4n) is 3.77. The zero-order chi connectivity index (χ0) is 17.6. The molecule has 2 heterocycles. The first-order valence-corrected chi connectivity index (χ1v) is 9.75. The lowest BCUT2D eigenvalue weighted by Gasteiger charge is -2.31. The lowest BCUT2D eigenvalue weighted by Crippen LogP contribution is -2.37. The van der Waals surface area contributed by atoms with Gasteiger partial charge in [-0.2, -0.15) is 0 Å². The van der Waals surface area contributed by atoms with Crippen LogP contribution >= 0.6 is 0 Å². The van der Waals surface area contributed by atoms with Crippen molar-refractivity contribution in [2.24, 2.45) is 5.92 Å². The van der Waals surface area contributed by atoms with Crippen molar-refractivity contribution in [3.63, 3.8) is 0 Å². The molecule has 2 fully saturated rings. The summed E-state index contributed by atoms with van der Waals surface area (Å²) in [7, 11) is 0. The molecule has 138 valence electrons. The molecule has 3 rings (SSSR count). The predicted molar refractivity (Wildman–Crippen MR) is 104 cm³/mol. The molecule has 0 spiro atoms. The fraction of sp³-hybridized carbons (Fsp3) is 0.650. The maximum absolute atomic E-state index is 12.7. The number of amides is 1. The summed E-state index contributed by atoms with van der Waals surface area (Å²) in [5.41, 5.74) is 3.28. The molecule has 0 unspecified atom stereocenters. The molecule has 1 aromatic carbocycles. The highest BCUT2D eigenvalue weighted by Gasteiger charge is 2.21. The maximum Gasteiger partial charge on any atom is 0.227 e. The first kappa shape index (κ1) is 18.1. The van der Waals surface area contributed by atoms with Gasteiger partial charge in [0.2, 0.25) is 5.91 Å². The Morgan fingerprint density at radius 3 is 2.40 bits per heavy atom. The van der Waals surface area contributed by atoms with Crippen LogP contribution in [0.5, 0.6) is 0 Å². The molecule has 1 amide bonds. The number of hydrogen-bond donors (Lipinski definition) is 1. The topological polar surface area (TPSA) is 44.8 Å². The van der Waals surface area contributed by atoms with Crippen LogP contribution in [0, 0.1) is 5.92 Å². The summed E-state index contributed by atoms with van der Waals surface area (Å²) in [6, 6.07) is 6.53. The van der Waals surface area contributed by atoms with Crippen molar-refractivity contribution in [2.75, 3.05) is 54.5 Å². The third-order valence-corrected chi connectivity index (χ3v) is 5.42. The average Bonchev–Trinajstić information content (AvgIpc) is 3.18. The van der Waals surface area contributed by atoms with E-state index in [0.29, 0.717) is 0 Å². The summed E-state index contributed by atoms with van der Waals surface area (Å²) in [5, 5.41) is 3.23. The summed E-state index contributed by atoms with van der Waals surface area (Å²) in [4.78, 5) is 17.4. The Morgan fingerprint density at radius 1 is 1.08 bits per heavy atom. The van der Waals surface area contributed by atoms with Crippen molar-refractivity contribution in [1.29, 1.82) is 0 Å². The standard InChI is InChI=1S/C20H31N3O2/c1-3-16(4-2)20(24)21-18-15-17(22-9-5-6-10-22)7-8-19(18)23-11-13-25-14-12-23/h7-8,15-16H,3-6,9-14H2,1-2H3,(H,21,24). The number of hydrogen-bond acceptors (Lipinski definition) is 4. The van der Waals surface area contributed by atoms with Gasteiger partial charge in [-0.25, -0.2) is 0 Å². The Labute approximate surface area is 151 Å². The second-order valence-electron chi connectivity index (χ2n) is 7.00. The zero-order valence-corrected chi connectivity index (χ0v) is 15.6. The number of carbonyl (C=O) groups is 1. The monoisotopic (exact) mass is 345 g/mol. The van der Waals surface area contributed by atoms with E-state index in [4.69, 9.17) is 4.74 Å². The molecule has 0 atom stereocenters. The molecule has 25 heavy (non-hydrogen) atoms. The molecule has 0 aliphatic carbocycles. The van der Waals surface area contributed by atoms with Crippen LogP contribution in [0.1, 0.15) is 39.5 Å². The summed E-state index contributed by atoms with van der Waals surface area (Å²) in [6.07, 6.45) is 4.25. The Kier molecular flexibility index (Phi) is 6.19. The van der Waals surface area contributed by atoms with E-state index in [2.05, 4.69) is 47.2 Å². The van der Waals surface area contributed by atoms with Gasteiger partial charge < -0.3 is 19.9 Å². The van der Waals surface area contributed by atoms with Crippen LogP contribution in [0.4, 0.5) is 17.1 Å². The number of ether oxygens (including phenoxy) is 1. The smallest absolute Gasteiger partial charge is 0.227 e. The highest BCUT2D eigenvalue weighted by Crippen LogP contribution is 2.33. The van der Waals surface area contributed by atoms with E-state index in [0.717, 1.165) is 63.6 Å². The Balaban J connectivity index is 1.86. The third kappa shape index (κ3) is 4.27. The molecule has 2 aliphatic rings. The quantitative estimate of drug-likeness (QED) is 0.857. The zero-order valence-electron chi connectivity index (χ0n) is 15.6. The van der Waals surface area contributed by atoms with E-state index in [1.54, 1.807) is 0 Å². The first-order chi connectivity index (χ1) is 12.2. The van der Waals surface area contributed by atoms with Gasteiger partial charge in [0.25, 0.3) is 0 Å². The van der Waals surface area contributed by atoms with E-state index in [9.17, 15) is 4.79 Å². The van der Waals surface area contributed by atoms with Gasteiger partial charge in [0.1, 0.15) is 0 Å². The molecular formula is C20H31N3O2. The number of benzene rings is 1. The van der Waals surface area contributed by atoms with Crippen molar-refractivity contribution in [3.05, 3.63) is 18.2 Å². The van der Waals surface area contributed by atoms with Crippen LogP contribution in [-0.4, -0.2) is 45.3 Å². The number of morpholine rings is 1. The minimum Gasteiger partial charge on any atom is -0.378 e. The highest BCUT2D eigenvalue weighted by molar-refractivity contribution is 5.96. The van der Waals surface area contributed by atoms with Crippen LogP contribution in [-0.2, 0) is 9.53 Å². The summed E-state index contributed by atoms with van der Waals surface area (Å²) >= 11 is 0. The number of nitrogens with zero attached hydrogens (tertiary/aromatic N) is 2. The van der Waals surface area contributed by atoms with Gasteiger partial charge in [-0.3, -0.25) is 4.79 Å². The lowest BCUT2D eigenvalue weighted by molar-refractivity contribution is -0.120. The molecule has 5 heteroatoms. The number of nitrogens with one attached hydrogen (secondary N) is 1. The van der Waals surface area contributed by atoms with Gasteiger partial charge in [-0.15, -0.1) is 0 Å². The number of carbonyl (C=O) groups excluding carboxylic acids is 1. The molecule has 2 saturated heterocycles. The minimum absolute atomic E-state index is 0.0768. The molecule has 5 nitrogen and oxygen atoms in total. The van der Waals surface area contributed by atoms with Crippen LogP contribution < -0.4 is 15.1 Å². The van der Waals surface area contributed by atoms with Crippen LogP contribution in [0.2, 0.25) is 0 Å². The normalized spacial score (nSPS) is 18.0. The van der Waals surface area contributed by atoms with E-state index < -0.39 is 0 Å². The second-order valence-corrected chi connectivity index (χ2v) is 7.00. The third-order valence-electron chi connectivity index (χ3n) is 5.42. The first-order valence-electron chi connectivity index (χ1n) is 9.75. The van der Waals surface area contributed by atoms with Gasteiger partial charge >= 0.3 is 0 Å². The van der Waals surface area contributed by atoms with Gasteiger partial charge in [0.15, 0.2) is 0 Å². The molecule has 0 saturated carbocycles. The van der Waals surface area contributed by atoms with E-state index in [1.807, 2.05) is 0 Å². The lowest BCUT2D eigenvalue weighted by atomic mass is 10.0. The number of anilines is 3. The second kappa shape index (κ2) is 8.56. The van der Waals surface area contributed by atoms with Crippen molar-refractivity contribution < 1.29 is 9.53 Å². The van der Waals surface area contributed by atoms with Crippen molar-refractivity contribution in [3.8, 4) is 0 Å². The molecular weight excluding hydrogens is 314 g/mol. The van der Waals surface area contributed by atoms with Crippen LogP contribution in [0.15, 0.2) is 18.2 Å². The summed E-state index contributed by atoms with van der Waals surface area (Å²) in [6.45, 7) is 9.61. The molecule has 0 radical (unpaired) electrons. The molecule has 0 bridgehead atoms. The van der Waals surface area contributed by atoms with Gasteiger partial charge in [0.05, 0.1) is 24.6 Å². The minimum atomic E-state index is 0.0768. The molecule has 1 aromatic rings. The van der Waals surface area contributed by atoms with Crippen LogP contribution in [0.25, 0.3) is 0 Å². The summed E-state index contributed by atoms with van der Waals surface area (Å²) < 4.78 is 5.48.